The molecule has 0 saturated carbocycles. The van der Waals surface area contributed by atoms with E-state index in [0.29, 0.717) is 19.1 Å². The number of nitrogens with one attached hydrogen (secondary N) is 1. The molecule has 1 N–H and O–H groups in total. The molecule has 1 aromatic heterocycles. The van der Waals surface area contributed by atoms with Crippen LogP contribution in [-0.4, -0.2) is 30.2 Å². The molecule has 106 valence electrons. The Hall–Kier alpha value is -1.62. The summed E-state index contributed by atoms with van der Waals surface area (Å²) in [5.41, 5.74) is -0.169. The molecular weight excluding hydrogens is 244 g/mol. The van der Waals surface area contributed by atoms with Crippen molar-refractivity contribution in [2.24, 2.45) is 5.92 Å². The van der Waals surface area contributed by atoms with Crippen LogP contribution in [0.4, 0.5) is 0 Å². The van der Waals surface area contributed by atoms with E-state index in [-0.39, 0.29) is 18.0 Å². The van der Waals surface area contributed by atoms with Crippen molar-refractivity contribution in [1.82, 2.24) is 9.88 Å². The van der Waals surface area contributed by atoms with Crippen LogP contribution in [0.2, 0.25) is 0 Å². The van der Waals surface area contributed by atoms with Crippen LogP contribution in [0.5, 0.6) is 0 Å². The summed E-state index contributed by atoms with van der Waals surface area (Å²) in [7, 11) is 0. The zero-order valence-corrected chi connectivity index (χ0v) is 11.6. The lowest BCUT2D eigenvalue weighted by atomic mass is 10.2. The molecule has 0 aliphatic heterocycles. The summed E-state index contributed by atoms with van der Waals surface area (Å²) in [6, 6.07) is 4.82. The van der Waals surface area contributed by atoms with Gasteiger partial charge in [0, 0.05) is 32.0 Å². The minimum atomic E-state index is -0.169. The van der Waals surface area contributed by atoms with Crippen LogP contribution in [0.25, 0.3) is 0 Å². The Bertz CT molecular complexity index is 440. The van der Waals surface area contributed by atoms with E-state index in [1.807, 2.05) is 0 Å². The normalized spacial score (nSPS) is 10.7. The summed E-state index contributed by atoms with van der Waals surface area (Å²) in [5.74, 6) is 0.372. The fraction of sp³-hybridized carbons (Fsp3) is 0.571. The number of pyridine rings is 1. The van der Waals surface area contributed by atoms with E-state index in [0.717, 1.165) is 13.0 Å². The molecule has 0 unspecified atom stereocenters. The first-order valence-electron chi connectivity index (χ1n) is 6.59. The molecule has 0 fully saturated rings. The maximum atomic E-state index is 11.6. The van der Waals surface area contributed by atoms with Crippen LogP contribution in [0.15, 0.2) is 29.2 Å². The lowest BCUT2D eigenvalue weighted by molar-refractivity contribution is -0.121. The molecule has 0 saturated heterocycles. The lowest BCUT2D eigenvalue weighted by Gasteiger charge is -2.08. The van der Waals surface area contributed by atoms with Crippen LogP contribution >= 0.6 is 0 Å². The highest BCUT2D eigenvalue weighted by Crippen LogP contribution is 1.92. The van der Waals surface area contributed by atoms with Gasteiger partial charge in [-0.15, -0.1) is 0 Å². The Morgan fingerprint density at radius 3 is 2.89 bits per heavy atom. The molecule has 0 aliphatic carbocycles. The smallest absolute Gasteiger partial charge is 0.250 e. The number of carbonyl (C=O) groups is 1. The standard InChI is InChI=1S/C14H22N2O3/c1-12(2)11-19-9-5-7-15-13(17)10-16-8-4-3-6-14(16)18/h3-4,6,8,12H,5,7,9-11H2,1-2H3,(H,15,17). The van der Waals surface area contributed by atoms with E-state index in [4.69, 9.17) is 4.74 Å². The van der Waals surface area contributed by atoms with Crippen molar-refractivity contribution in [3.05, 3.63) is 34.7 Å². The van der Waals surface area contributed by atoms with Crippen molar-refractivity contribution in [1.29, 1.82) is 0 Å². The maximum absolute atomic E-state index is 11.6. The summed E-state index contributed by atoms with van der Waals surface area (Å²) < 4.78 is 6.79. The minimum absolute atomic E-state index is 0.0620. The topological polar surface area (TPSA) is 60.3 Å². The second-order valence-corrected chi connectivity index (χ2v) is 4.84. The molecule has 0 aliphatic rings. The number of nitrogens with zero attached hydrogens (tertiary/aromatic N) is 1. The van der Waals surface area contributed by atoms with Crippen LogP contribution in [0.3, 0.4) is 0 Å². The van der Waals surface area contributed by atoms with Gasteiger partial charge < -0.3 is 14.6 Å². The number of amides is 1. The first-order valence-corrected chi connectivity index (χ1v) is 6.59. The summed E-state index contributed by atoms with van der Waals surface area (Å²) in [6.45, 7) is 6.21. The maximum Gasteiger partial charge on any atom is 0.250 e. The molecule has 0 radical (unpaired) electrons. The molecule has 0 aromatic carbocycles. The fourth-order valence-corrected chi connectivity index (χ4v) is 1.52. The van der Waals surface area contributed by atoms with Crippen molar-refractivity contribution in [3.8, 4) is 0 Å². The van der Waals surface area contributed by atoms with Crippen molar-refractivity contribution in [2.45, 2.75) is 26.8 Å². The van der Waals surface area contributed by atoms with Gasteiger partial charge in [-0.3, -0.25) is 9.59 Å². The number of aromatic nitrogens is 1. The first kappa shape index (κ1) is 15.4. The summed E-state index contributed by atoms with van der Waals surface area (Å²) in [4.78, 5) is 23.0. The third-order valence-corrected chi connectivity index (χ3v) is 2.45. The molecule has 1 rings (SSSR count). The van der Waals surface area contributed by atoms with Crippen molar-refractivity contribution in [2.75, 3.05) is 19.8 Å². The third-order valence-electron chi connectivity index (χ3n) is 2.45. The monoisotopic (exact) mass is 266 g/mol. The van der Waals surface area contributed by atoms with Crippen molar-refractivity contribution in [3.63, 3.8) is 0 Å². The zero-order chi connectivity index (χ0) is 14.1. The van der Waals surface area contributed by atoms with Gasteiger partial charge in [0.15, 0.2) is 0 Å². The largest absolute Gasteiger partial charge is 0.381 e. The number of hydrogen-bond donors (Lipinski definition) is 1. The van der Waals surface area contributed by atoms with Gasteiger partial charge in [0.05, 0.1) is 0 Å². The Balaban J connectivity index is 2.15. The third kappa shape index (κ3) is 6.76. The molecule has 5 nitrogen and oxygen atoms in total. The average Bonchev–Trinajstić information content (AvgIpc) is 2.36. The highest BCUT2D eigenvalue weighted by Gasteiger charge is 2.02. The molecule has 0 spiro atoms. The molecule has 19 heavy (non-hydrogen) atoms. The van der Waals surface area contributed by atoms with Crippen molar-refractivity contribution >= 4 is 5.91 Å². The predicted molar refractivity (Wildman–Crippen MR) is 74.0 cm³/mol. The second kappa shape index (κ2) is 8.48. The van der Waals surface area contributed by atoms with Gasteiger partial charge in [-0.2, -0.15) is 0 Å². The number of ether oxygens (including phenoxy) is 1. The van der Waals surface area contributed by atoms with Gasteiger partial charge in [-0.05, 0) is 18.4 Å². The molecular formula is C14H22N2O3. The molecule has 5 heteroatoms. The van der Waals surface area contributed by atoms with Gasteiger partial charge in [0.25, 0.3) is 5.56 Å². The lowest BCUT2D eigenvalue weighted by Crippen LogP contribution is -2.32. The SMILES string of the molecule is CC(C)COCCCNC(=O)Cn1ccccc1=O. The van der Waals surface area contributed by atoms with Gasteiger partial charge >= 0.3 is 0 Å². The Morgan fingerprint density at radius 1 is 1.42 bits per heavy atom. The van der Waals surface area contributed by atoms with Gasteiger partial charge in [-0.1, -0.05) is 19.9 Å². The molecule has 0 atom stereocenters. The average molecular weight is 266 g/mol. The summed E-state index contributed by atoms with van der Waals surface area (Å²) >= 11 is 0. The van der Waals surface area contributed by atoms with E-state index in [9.17, 15) is 9.59 Å². The first-order chi connectivity index (χ1) is 9.09. The van der Waals surface area contributed by atoms with E-state index in [2.05, 4.69) is 19.2 Å². The van der Waals surface area contributed by atoms with Crippen molar-refractivity contribution < 1.29 is 9.53 Å². The van der Waals surface area contributed by atoms with Crippen LogP contribution in [-0.2, 0) is 16.1 Å². The molecule has 0 bridgehead atoms. The van der Waals surface area contributed by atoms with Crippen LogP contribution in [0, 0.1) is 5.92 Å². The second-order valence-electron chi connectivity index (χ2n) is 4.84. The molecule has 1 heterocycles. The van der Waals surface area contributed by atoms with E-state index in [1.165, 1.54) is 10.6 Å². The quantitative estimate of drug-likeness (QED) is 0.715. The zero-order valence-electron chi connectivity index (χ0n) is 11.6. The predicted octanol–water partition coefficient (Wildman–Crippen LogP) is 1.03. The highest BCUT2D eigenvalue weighted by molar-refractivity contribution is 5.75. The molecule has 1 aromatic rings. The number of hydrogen-bond acceptors (Lipinski definition) is 3. The van der Waals surface area contributed by atoms with Crippen LogP contribution in [0.1, 0.15) is 20.3 Å². The van der Waals surface area contributed by atoms with Gasteiger partial charge in [0.1, 0.15) is 6.54 Å². The number of carbonyl (C=O) groups excluding carboxylic acids is 1. The number of rotatable bonds is 8. The van der Waals surface area contributed by atoms with E-state index >= 15 is 0 Å². The van der Waals surface area contributed by atoms with Gasteiger partial charge in [-0.25, -0.2) is 0 Å². The Morgan fingerprint density at radius 2 is 2.21 bits per heavy atom. The van der Waals surface area contributed by atoms with E-state index < -0.39 is 0 Å². The summed E-state index contributed by atoms with van der Waals surface area (Å²) in [6.07, 6.45) is 2.38. The van der Waals surface area contributed by atoms with Crippen LogP contribution < -0.4 is 10.9 Å². The Labute approximate surface area is 113 Å². The minimum Gasteiger partial charge on any atom is -0.381 e. The highest BCUT2D eigenvalue weighted by atomic mass is 16.5. The fourth-order valence-electron chi connectivity index (χ4n) is 1.52. The summed E-state index contributed by atoms with van der Waals surface area (Å²) in [5, 5.41) is 2.77. The molecule has 1 amide bonds. The Kier molecular flexibility index (Phi) is 6.89. The van der Waals surface area contributed by atoms with E-state index in [1.54, 1.807) is 18.3 Å². The van der Waals surface area contributed by atoms with Gasteiger partial charge in [0.2, 0.25) is 5.91 Å².